The van der Waals surface area contributed by atoms with Gasteiger partial charge in [0, 0.05) is 19.4 Å². The summed E-state index contributed by atoms with van der Waals surface area (Å²) in [6.45, 7) is -0.163. The first-order valence-electron chi connectivity index (χ1n) is 7.45. The third-order valence-corrected chi connectivity index (χ3v) is 5.59. The van der Waals surface area contributed by atoms with Crippen molar-refractivity contribution >= 4 is 10.0 Å². The molecule has 0 saturated carbocycles. The van der Waals surface area contributed by atoms with Crippen LogP contribution in [0.1, 0.15) is 11.1 Å². The number of ether oxygens (including phenoxy) is 1. The number of hydrogen-bond acceptors (Lipinski definition) is 4. The number of halogens is 1. The number of aliphatic hydroxyl groups is 1. The second-order valence-corrected chi connectivity index (χ2v) is 7.70. The molecule has 2 N–H and O–H groups in total. The van der Waals surface area contributed by atoms with Crippen LogP contribution in [-0.2, 0) is 22.9 Å². The molecule has 2 aromatic rings. The Kier molecular flexibility index (Phi) is 4.33. The Hall–Kier alpha value is -1.96. The summed E-state index contributed by atoms with van der Waals surface area (Å²) in [4.78, 5) is -0.288. The Balaban J connectivity index is 1.78. The van der Waals surface area contributed by atoms with Crippen LogP contribution in [0.2, 0.25) is 0 Å². The fourth-order valence-corrected chi connectivity index (χ4v) is 4.26. The van der Waals surface area contributed by atoms with Crippen LogP contribution in [-0.4, -0.2) is 32.8 Å². The molecule has 3 rings (SSSR count). The lowest BCUT2D eigenvalue weighted by Crippen LogP contribution is -2.43. The highest BCUT2D eigenvalue weighted by atomic mass is 32.2. The number of fused-ring (bicyclic) bond motifs is 1. The summed E-state index contributed by atoms with van der Waals surface area (Å²) in [5.41, 5.74) is 0.808. The van der Waals surface area contributed by atoms with E-state index < -0.39 is 21.4 Å². The highest BCUT2D eigenvalue weighted by Crippen LogP contribution is 2.30. The third-order valence-electron chi connectivity index (χ3n) is 4.16. The molecule has 0 spiro atoms. The molecule has 0 aliphatic heterocycles. The SMILES string of the molecule is COc1ccc(F)cc1S(=O)(=O)NCC1(O)Cc2ccccc2C1. The quantitative estimate of drug-likeness (QED) is 0.859. The van der Waals surface area contributed by atoms with Crippen molar-refractivity contribution in [3.8, 4) is 5.75 Å². The van der Waals surface area contributed by atoms with E-state index >= 15 is 0 Å². The monoisotopic (exact) mass is 351 g/mol. The van der Waals surface area contributed by atoms with Crippen molar-refractivity contribution in [3.63, 3.8) is 0 Å². The molecule has 0 heterocycles. The molecule has 0 amide bonds. The molecule has 5 nitrogen and oxygen atoms in total. The smallest absolute Gasteiger partial charge is 0.244 e. The van der Waals surface area contributed by atoms with Crippen LogP contribution in [0.15, 0.2) is 47.4 Å². The molecule has 24 heavy (non-hydrogen) atoms. The van der Waals surface area contributed by atoms with Gasteiger partial charge in [0.05, 0.1) is 12.7 Å². The van der Waals surface area contributed by atoms with E-state index in [2.05, 4.69) is 4.72 Å². The van der Waals surface area contributed by atoms with E-state index in [4.69, 9.17) is 4.74 Å². The van der Waals surface area contributed by atoms with Gasteiger partial charge in [-0.15, -0.1) is 0 Å². The van der Waals surface area contributed by atoms with Crippen LogP contribution in [0.5, 0.6) is 5.75 Å². The molecule has 0 fully saturated rings. The standard InChI is InChI=1S/C17H18FNO4S/c1-23-15-7-6-14(18)8-16(15)24(21,22)19-11-17(20)9-12-4-2-3-5-13(12)10-17/h2-8,19-20H,9-11H2,1H3. The van der Waals surface area contributed by atoms with E-state index in [1.807, 2.05) is 24.3 Å². The van der Waals surface area contributed by atoms with Gasteiger partial charge in [-0.1, -0.05) is 24.3 Å². The van der Waals surface area contributed by atoms with Crippen LogP contribution < -0.4 is 9.46 Å². The highest BCUT2D eigenvalue weighted by Gasteiger charge is 2.36. The van der Waals surface area contributed by atoms with Crippen LogP contribution in [0, 0.1) is 5.82 Å². The van der Waals surface area contributed by atoms with Crippen LogP contribution in [0.25, 0.3) is 0 Å². The topological polar surface area (TPSA) is 75.6 Å². The van der Waals surface area contributed by atoms with Crippen molar-refractivity contribution in [2.75, 3.05) is 13.7 Å². The number of sulfonamides is 1. The molecule has 0 aromatic heterocycles. The maximum atomic E-state index is 13.4. The molecule has 0 saturated heterocycles. The Labute approximate surface area is 140 Å². The average molecular weight is 351 g/mol. The molecule has 0 bridgehead atoms. The first-order chi connectivity index (χ1) is 11.3. The van der Waals surface area contributed by atoms with Crippen molar-refractivity contribution in [2.45, 2.75) is 23.3 Å². The summed E-state index contributed by atoms with van der Waals surface area (Å²) in [5.74, 6) is -0.631. The van der Waals surface area contributed by atoms with Crippen LogP contribution in [0.4, 0.5) is 4.39 Å². The van der Waals surface area contributed by atoms with E-state index in [-0.39, 0.29) is 17.2 Å². The van der Waals surface area contributed by atoms with Crippen molar-refractivity contribution in [1.82, 2.24) is 4.72 Å². The molecule has 1 aliphatic carbocycles. The lowest BCUT2D eigenvalue weighted by Gasteiger charge is -2.23. The Morgan fingerprint density at radius 3 is 2.42 bits per heavy atom. The second kappa shape index (κ2) is 6.16. The van der Waals surface area contributed by atoms with Crippen molar-refractivity contribution in [2.24, 2.45) is 0 Å². The summed E-state index contributed by atoms with van der Waals surface area (Å²) in [6, 6.07) is 10.9. The zero-order chi connectivity index (χ0) is 17.4. The van der Waals surface area contributed by atoms with Crippen LogP contribution >= 0.6 is 0 Å². The van der Waals surface area contributed by atoms with Gasteiger partial charge >= 0.3 is 0 Å². The van der Waals surface area contributed by atoms with Gasteiger partial charge in [-0.2, -0.15) is 0 Å². The van der Waals surface area contributed by atoms with Gasteiger partial charge in [0.25, 0.3) is 0 Å². The van der Waals surface area contributed by atoms with Crippen molar-refractivity contribution in [1.29, 1.82) is 0 Å². The summed E-state index contributed by atoms with van der Waals surface area (Å²) in [7, 11) is -2.70. The van der Waals surface area contributed by atoms with Crippen LogP contribution in [0.3, 0.4) is 0 Å². The molecule has 1 aliphatic rings. The molecule has 2 aromatic carbocycles. The van der Waals surface area contributed by atoms with E-state index in [0.717, 1.165) is 23.3 Å². The predicted octanol–water partition coefficient (Wildman–Crippen LogP) is 1.64. The zero-order valence-corrected chi connectivity index (χ0v) is 13.9. The average Bonchev–Trinajstić information content (AvgIpc) is 2.90. The molecule has 7 heteroatoms. The second-order valence-electron chi connectivity index (χ2n) is 5.97. The maximum absolute atomic E-state index is 13.4. The zero-order valence-electron chi connectivity index (χ0n) is 13.1. The van der Waals surface area contributed by atoms with E-state index in [1.54, 1.807) is 0 Å². The van der Waals surface area contributed by atoms with Crippen molar-refractivity contribution < 1.29 is 22.7 Å². The lowest BCUT2D eigenvalue weighted by atomic mass is 10.0. The van der Waals surface area contributed by atoms with Gasteiger partial charge in [-0.05, 0) is 29.3 Å². The van der Waals surface area contributed by atoms with Gasteiger partial charge in [-0.3, -0.25) is 0 Å². The third kappa shape index (κ3) is 3.28. The summed E-state index contributed by atoms with van der Waals surface area (Å²) < 4.78 is 45.7. The van der Waals surface area contributed by atoms with Gasteiger partial charge in [0.1, 0.15) is 16.5 Å². The fourth-order valence-electron chi connectivity index (χ4n) is 2.97. The minimum Gasteiger partial charge on any atom is -0.495 e. The first-order valence-corrected chi connectivity index (χ1v) is 8.94. The van der Waals surface area contributed by atoms with Gasteiger partial charge in [0.15, 0.2) is 0 Å². The molecule has 0 atom stereocenters. The summed E-state index contributed by atoms with van der Waals surface area (Å²) >= 11 is 0. The molecule has 0 radical (unpaired) electrons. The normalized spacial score (nSPS) is 16.0. The predicted molar refractivity (Wildman–Crippen MR) is 86.9 cm³/mol. The fraction of sp³-hybridized carbons (Fsp3) is 0.294. The summed E-state index contributed by atoms with van der Waals surface area (Å²) in [5, 5.41) is 10.7. The minimum absolute atomic E-state index is 0.0468. The number of methoxy groups -OCH3 is 1. The number of rotatable bonds is 5. The lowest BCUT2D eigenvalue weighted by molar-refractivity contribution is 0.0567. The van der Waals surface area contributed by atoms with E-state index in [9.17, 15) is 17.9 Å². The molecular formula is C17H18FNO4S. The van der Waals surface area contributed by atoms with Gasteiger partial charge in [-0.25, -0.2) is 17.5 Å². The Morgan fingerprint density at radius 2 is 1.83 bits per heavy atom. The molecule has 0 unspecified atom stereocenters. The Morgan fingerprint density at radius 1 is 1.21 bits per heavy atom. The minimum atomic E-state index is -4.01. The number of nitrogens with one attached hydrogen (secondary N) is 1. The highest BCUT2D eigenvalue weighted by molar-refractivity contribution is 7.89. The summed E-state index contributed by atoms with van der Waals surface area (Å²) in [6.07, 6.45) is 0.734. The maximum Gasteiger partial charge on any atom is 0.244 e. The van der Waals surface area contributed by atoms with Gasteiger partial charge < -0.3 is 9.84 Å². The number of benzene rings is 2. The van der Waals surface area contributed by atoms with E-state index in [1.165, 1.54) is 13.2 Å². The van der Waals surface area contributed by atoms with Gasteiger partial charge in [0.2, 0.25) is 10.0 Å². The van der Waals surface area contributed by atoms with Crippen molar-refractivity contribution in [3.05, 3.63) is 59.4 Å². The van der Waals surface area contributed by atoms with E-state index in [0.29, 0.717) is 12.8 Å². The molecule has 128 valence electrons. The Bertz CT molecular complexity index is 842. The number of hydrogen-bond donors (Lipinski definition) is 2. The largest absolute Gasteiger partial charge is 0.495 e. The first kappa shape index (κ1) is 16.9. The molecular weight excluding hydrogens is 333 g/mol.